The summed E-state index contributed by atoms with van der Waals surface area (Å²) < 4.78 is 30.5. The normalized spacial score (nSPS) is 13.1. The van der Waals surface area contributed by atoms with Gasteiger partial charge in [0.2, 0.25) is 15.9 Å². The van der Waals surface area contributed by atoms with Gasteiger partial charge in [0, 0.05) is 34.5 Å². The van der Waals surface area contributed by atoms with Crippen molar-refractivity contribution in [2.24, 2.45) is 0 Å². The van der Waals surface area contributed by atoms with E-state index in [1.807, 2.05) is 30.3 Å². The zero-order valence-electron chi connectivity index (χ0n) is 14.1. The molecule has 0 aromatic heterocycles. The molecule has 1 heterocycles. The van der Waals surface area contributed by atoms with Crippen molar-refractivity contribution in [3.05, 3.63) is 48.0 Å². The van der Waals surface area contributed by atoms with Gasteiger partial charge in [0.25, 0.3) is 0 Å². The summed E-state index contributed by atoms with van der Waals surface area (Å²) in [6, 6.07) is 12.7. The molecule has 0 saturated carbocycles. The molecule has 1 amide bonds. The van der Waals surface area contributed by atoms with Gasteiger partial charge in [0.1, 0.15) is 4.90 Å². The van der Waals surface area contributed by atoms with E-state index in [0.717, 1.165) is 11.3 Å². The lowest BCUT2D eigenvalue weighted by Crippen LogP contribution is -2.28. The number of carbonyl (C=O) groups is 1. The van der Waals surface area contributed by atoms with Gasteiger partial charge in [-0.25, -0.2) is 13.1 Å². The minimum absolute atomic E-state index is 0.0329. The highest BCUT2D eigenvalue weighted by Gasteiger charge is 2.24. The molecule has 0 spiro atoms. The van der Waals surface area contributed by atoms with Crippen molar-refractivity contribution in [2.45, 2.75) is 29.6 Å². The predicted octanol–water partition coefficient (Wildman–Crippen LogP) is 3.64. The summed E-state index contributed by atoms with van der Waals surface area (Å²) in [6.45, 7) is 2.10. The number of carbonyl (C=O) groups excluding carboxylic acids is 1. The van der Waals surface area contributed by atoms with E-state index >= 15 is 0 Å². The van der Waals surface area contributed by atoms with Crippen LogP contribution in [0.3, 0.4) is 0 Å². The third-order valence-electron chi connectivity index (χ3n) is 3.84. The topological polar surface area (TPSA) is 87.3 Å². The summed E-state index contributed by atoms with van der Waals surface area (Å²) >= 11 is 0. The van der Waals surface area contributed by atoms with Crippen molar-refractivity contribution in [3.63, 3.8) is 0 Å². The van der Waals surface area contributed by atoms with Crippen LogP contribution in [-0.4, -0.2) is 20.9 Å². The first-order chi connectivity index (χ1) is 12.5. The first-order valence-electron chi connectivity index (χ1n) is 8.10. The minimum Gasteiger partial charge on any atom is -0.326 e. The molecule has 138 valence electrons. The zero-order chi connectivity index (χ0) is 18.6. The zero-order valence-corrected chi connectivity index (χ0v) is 16.6. The van der Waals surface area contributed by atoms with E-state index in [2.05, 4.69) is 21.7 Å². The summed E-state index contributed by atoms with van der Waals surface area (Å²) in [5.74, 6) is -0.237. The van der Waals surface area contributed by atoms with Crippen molar-refractivity contribution < 1.29 is 13.2 Å². The first-order valence-corrected chi connectivity index (χ1v) is 11.7. The molecule has 1 aliphatic heterocycles. The highest BCUT2D eigenvalue weighted by molar-refractivity contribution is 8.77. The van der Waals surface area contributed by atoms with Gasteiger partial charge in [-0.1, -0.05) is 25.1 Å². The third-order valence-corrected chi connectivity index (χ3v) is 7.28. The van der Waals surface area contributed by atoms with Crippen LogP contribution in [0.2, 0.25) is 0 Å². The Morgan fingerprint density at radius 2 is 1.92 bits per heavy atom. The predicted molar refractivity (Wildman–Crippen MR) is 108 cm³/mol. The maximum Gasteiger partial charge on any atom is 0.242 e. The maximum atomic E-state index is 12.5. The highest BCUT2D eigenvalue weighted by atomic mass is 33.1. The summed E-state index contributed by atoms with van der Waals surface area (Å²) in [4.78, 5) is 13.1. The summed E-state index contributed by atoms with van der Waals surface area (Å²) in [5, 5.41) is 2.77. The van der Waals surface area contributed by atoms with E-state index in [1.165, 1.54) is 27.3 Å². The van der Waals surface area contributed by atoms with Gasteiger partial charge in [-0.2, -0.15) is 0 Å². The molecule has 26 heavy (non-hydrogen) atoms. The summed E-state index contributed by atoms with van der Waals surface area (Å²) in [6.07, 6.45) is 0.992. The summed E-state index contributed by atoms with van der Waals surface area (Å²) in [7, 11) is -0.826. The Bertz CT molecular complexity index is 899. The van der Waals surface area contributed by atoms with Gasteiger partial charge < -0.3 is 10.0 Å². The van der Waals surface area contributed by atoms with Crippen molar-refractivity contribution in [2.75, 3.05) is 16.6 Å². The average Bonchev–Trinajstić information content (AvgIpc) is 3.10. The van der Waals surface area contributed by atoms with E-state index in [1.54, 1.807) is 12.1 Å². The van der Waals surface area contributed by atoms with Crippen LogP contribution in [0.4, 0.5) is 11.4 Å². The SMILES string of the molecule is CCc1ccc(NC(=O)CCNS(=O)(=O)c2cccc3c2NSS3)cc1. The molecule has 6 nitrogen and oxygen atoms in total. The lowest BCUT2D eigenvalue weighted by atomic mass is 10.1. The molecule has 1 aliphatic rings. The molecular weight excluding hydrogens is 390 g/mol. The molecule has 3 rings (SSSR count). The lowest BCUT2D eigenvalue weighted by Gasteiger charge is -2.10. The van der Waals surface area contributed by atoms with Crippen LogP contribution in [0.5, 0.6) is 0 Å². The Hall–Kier alpha value is -1.68. The monoisotopic (exact) mass is 409 g/mol. The fourth-order valence-corrected chi connectivity index (χ4v) is 5.72. The largest absolute Gasteiger partial charge is 0.326 e. The van der Waals surface area contributed by atoms with Crippen molar-refractivity contribution in [1.82, 2.24) is 4.72 Å². The quantitative estimate of drug-likeness (QED) is 0.478. The van der Waals surface area contributed by atoms with Crippen molar-refractivity contribution >= 4 is 49.1 Å². The number of hydrogen-bond donors (Lipinski definition) is 3. The molecule has 2 aromatic carbocycles. The number of aryl methyl sites for hydroxylation is 1. The number of rotatable bonds is 7. The van der Waals surface area contributed by atoms with Crippen LogP contribution >= 0.6 is 21.8 Å². The molecule has 3 N–H and O–H groups in total. The van der Waals surface area contributed by atoms with E-state index in [4.69, 9.17) is 0 Å². The number of nitrogens with one attached hydrogen (secondary N) is 3. The minimum atomic E-state index is -3.68. The smallest absolute Gasteiger partial charge is 0.242 e. The van der Waals surface area contributed by atoms with Crippen molar-refractivity contribution in [1.29, 1.82) is 0 Å². The first kappa shape index (κ1) is 19.1. The Balaban J connectivity index is 1.55. The van der Waals surface area contributed by atoms with Crippen LogP contribution in [0, 0.1) is 0 Å². The Morgan fingerprint density at radius 3 is 2.65 bits per heavy atom. The Morgan fingerprint density at radius 1 is 1.15 bits per heavy atom. The molecule has 9 heteroatoms. The van der Waals surface area contributed by atoms with Crippen LogP contribution in [-0.2, 0) is 21.2 Å². The van der Waals surface area contributed by atoms with Crippen LogP contribution in [0.25, 0.3) is 0 Å². The second kappa shape index (κ2) is 8.34. The molecule has 2 aromatic rings. The van der Waals surface area contributed by atoms with Gasteiger partial charge in [-0.3, -0.25) is 4.79 Å². The number of fused-ring (bicyclic) bond motifs is 1. The van der Waals surface area contributed by atoms with Gasteiger partial charge in [0.05, 0.1) is 5.69 Å². The molecule has 0 unspecified atom stereocenters. The summed E-state index contributed by atoms with van der Waals surface area (Å²) in [5.41, 5.74) is 2.49. The number of amides is 1. The fraction of sp³-hybridized carbons (Fsp3) is 0.235. The maximum absolute atomic E-state index is 12.5. The Labute approximate surface area is 161 Å². The van der Waals surface area contributed by atoms with Crippen molar-refractivity contribution in [3.8, 4) is 0 Å². The molecule has 0 aliphatic carbocycles. The van der Waals surface area contributed by atoms with Crippen LogP contribution < -0.4 is 14.8 Å². The molecule has 0 radical (unpaired) electrons. The van der Waals surface area contributed by atoms with Gasteiger partial charge in [-0.15, -0.1) is 0 Å². The second-order valence-corrected chi connectivity index (χ2v) is 9.36. The van der Waals surface area contributed by atoms with E-state index < -0.39 is 10.0 Å². The molecule has 0 atom stereocenters. The number of sulfonamides is 1. The van der Waals surface area contributed by atoms with E-state index in [9.17, 15) is 13.2 Å². The van der Waals surface area contributed by atoms with Gasteiger partial charge >= 0.3 is 0 Å². The second-order valence-electron chi connectivity index (χ2n) is 5.64. The fourth-order valence-electron chi connectivity index (χ4n) is 2.44. The molecule has 0 fully saturated rings. The van der Waals surface area contributed by atoms with Crippen LogP contribution in [0.15, 0.2) is 52.3 Å². The number of para-hydroxylation sites is 1. The molecule has 0 saturated heterocycles. The van der Waals surface area contributed by atoms with E-state index in [0.29, 0.717) is 11.4 Å². The van der Waals surface area contributed by atoms with E-state index in [-0.39, 0.29) is 23.8 Å². The lowest BCUT2D eigenvalue weighted by molar-refractivity contribution is -0.116. The number of anilines is 2. The number of benzene rings is 2. The number of hydrogen-bond acceptors (Lipinski definition) is 6. The standard InChI is InChI=1S/C17H19N3O3S3/c1-2-12-6-8-13(9-7-12)19-16(21)10-11-18-26(22,23)15-5-3-4-14-17(15)20-25-24-14/h3-9,18,20H,2,10-11H2,1H3,(H,19,21). The Kier molecular flexibility index (Phi) is 6.13. The van der Waals surface area contributed by atoms with Gasteiger partial charge in [0.15, 0.2) is 0 Å². The third kappa shape index (κ3) is 4.53. The highest BCUT2D eigenvalue weighted by Crippen LogP contribution is 2.47. The average molecular weight is 410 g/mol. The van der Waals surface area contributed by atoms with Gasteiger partial charge in [-0.05, 0) is 47.0 Å². The van der Waals surface area contributed by atoms with Crippen LogP contribution in [0.1, 0.15) is 18.9 Å². The molecular formula is C17H19N3O3S3. The molecule has 0 bridgehead atoms.